The molecule has 1 aliphatic heterocycles. The van der Waals surface area contributed by atoms with Crippen LogP contribution in [0.2, 0.25) is 0 Å². The van der Waals surface area contributed by atoms with Crippen molar-refractivity contribution in [2.45, 2.75) is 18.9 Å². The quantitative estimate of drug-likeness (QED) is 0.663. The second kappa shape index (κ2) is 3.29. The summed E-state index contributed by atoms with van der Waals surface area (Å²) >= 11 is 0. The summed E-state index contributed by atoms with van der Waals surface area (Å²) < 4.78 is 13.4. The van der Waals surface area contributed by atoms with Crippen molar-refractivity contribution < 1.29 is 9.18 Å². The normalized spacial score (nSPS) is 20.9. The maximum Gasteiger partial charge on any atom is 0.220 e. The van der Waals surface area contributed by atoms with Crippen LogP contribution in [-0.4, -0.2) is 5.91 Å². The summed E-state index contributed by atoms with van der Waals surface area (Å²) in [6.07, 6.45) is 1.12. The van der Waals surface area contributed by atoms with Gasteiger partial charge in [0.25, 0.3) is 0 Å². The summed E-state index contributed by atoms with van der Waals surface area (Å²) in [5.41, 5.74) is 6.34. The number of hydrogen-bond acceptors (Lipinski definition) is 2. The van der Waals surface area contributed by atoms with Gasteiger partial charge in [0.1, 0.15) is 5.82 Å². The van der Waals surface area contributed by atoms with E-state index in [2.05, 4.69) is 5.32 Å². The van der Waals surface area contributed by atoms with Gasteiger partial charge in [0.2, 0.25) is 5.91 Å². The van der Waals surface area contributed by atoms with E-state index in [4.69, 9.17) is 5.73 Å². The van der Waals surface area contributed by atoms with Gasteiger partial charge < -0.3 is 11.1 Å². The number of hydrogen-bond donors (Lipinski definition) is 2. The molecule has 3 N–H and O–H groups in total. The molecule has 1 fully saturated rings. The minimum Gasteiger partial charge on any atom is -0.399 e. The zero-order chi connectivity index (χ0) is 10.1. The lowest BCUT2D eigenvalue weighted by molar-refractivity contribution is -0.119. The Hall–Kier alpha value is -1.58. The first-order valence-corrected chi connectivity index (χ1v) is 4.51. The molecule has 14 heavy (non-hydrogen) atoms. The van der Waals surface area contributed by atoms with Crippen molar-refractivity contribution in [3.05, 3.63) is 29.6 Å². The molecule has 0 aromatic heterocycles. The summed E-state index contributed by atoms with van der Waals surface area (Å²) in [6.45, 7) is 0. The molecule has 0 aliphatic carbocycles. The van der Waals surface area contributed by atoms with Gasteiger partial charge in [0.15, 0.2) is 0 Å². The van der Waals surface area contributed by atoms with E-state index in [0.717, 1.165) is 0 Å². The van der Waals surface area contributed by atoms with Gasteiger partial charge in [-0.05, 0) is 18.6 Å². The molecule has 1 atom stereocenters. The van der Waals surface area contributed by atoms with E-state index in [1.807, 2.05) is 0 Å². The van der Waals surface area contributed by atoms with E-state index in [0.29, 0.717) is 24.1 Å². The Bertz CT molecular complexity index is 378. The molecule has 1 aromatic carbocycles. The monoisotopic (exact) mass is 194 g/mol. The molecular weight excluding hydrogens is 183 g/mol. The van der Waals surface area contributed by atoms with Crippen molar-refractivity contribution in [1.29, 1.82) is 0 Å². The van der Waals surface area contributed by atoms with Crippen LogP contribution in [0.4, 0.5) is 10.1 Å². The molecule has 1 unspecified atom stereocenters. The molecule has 4 heteroatoms. The number of carbonyl (C=O) groups is 1. The Kier molecular flexibility index (Phi) is 2.11. The fourth-order valence-corrected chi connectivity index (χ4v) is 1.67. The minimum absolute atomic E-state index is 0.0220. The van der Waals surface area contributed by atoms with Crippen molar-refractivity contribution in [3.63, 3.8) is 0 Å². The maximum atomic E-state index is 13.4. The van der Waals surface area contributed by atoms with Crippen molar-refractivity contribution in [1.82, 2.24) is 5.32 Å². The van der Waals surface area contributed by atoms with E-state index in [-0.39, 0.29) is 17.8 Å². The minimum atomic E-state index is -0.350. The van der Waals surface area contributed by atoms with Gasteiger partial charge in [-0.3, -0.25) is 4.79 Å². The molecule has 1 aromatic rings. The zero-order valence-electron chi connectivity index (χ0n) is 7.59. The molecule has 3 nitrogen and oxygen atoms in total. The van der Waals surface area contributed by atoms with Crippen LogP contribution in [0.3, 0.4) is 0 Å². The summed E-state index contributed by atoms with van der Waals surface area (Å²) in [5, 5.41) is 2.71. The Morgan fingerprint density at radius 3 is 2.86 bits per heavy atom. The van der Waals surface area contributed by atoms with Gasteiger partial charge in [-0.15, -0.1) is 0 Å². The number of anilines is 1. The van der Waals surface area contributed by atoms with Gasteiger partial charge >= 0.3 is 0 Å². The molecule has 0 saturated carbocycles. The second-order valence-corrected chi connectivity index (χ2v) is 3.44. The van der Waals surface area contributed by atoms with Crippen molar-refractivity contribution >= 4 is 11.6 Å². The van der Waals surface area contributed by atoms with Gasteiger partial charge in [0.05, 0.1) is 6.04 Å². The lowest BCUT2D eigenvalue weighted by Crippen LogP contribution is -2.19. The molecule has 1 heterocycles. The number of rotatable bonds is 1. The molecule has 1 saturated heterocycles. The highest BCUT2D eigenvalue weighted by molar-refractivity contribution is 5.78. The molecule has 2 rings (SSSR count). The van der Waals surface area contributed by atoms with Gasteiger partial charge in [-0.2, -0.15) is 0 Å². The number of carbonyl (C=O) groups excluding carboxylic acids is 1. The van der Waals surface area contributed by atoms with Gasteiger partial charge in [0, 0.05) is 17.7 Å². The average Bonchev–Trinajstić information content (AvgIpc) is 2.51. The molecule has 1 aliphatic rings. The highest BCUT2D eigenvalue weighted by Gasteiger charge is 2.24. The van der Waals surface area contributed by atoms with Crippen LogP contribution in [0.25, 0.3) is 0 Å². The SMILES string of the molecule is Nc1ccc(C2CCC(=O)N2)c(F)c1. The smallest absolute Gasteiger partial charge is 0.220 e. The van der Waals surface area contributed by atoms with Crippen LogP contribution in [0, 0.1) is 5.82 Å². The number of nitrogen functional groups attached to an aromatic ring is 1. The van der Waals surface area contributed by atoms with E-state index >= 15 is 0 Å². The standard InChI is InChI=1S/C10H11FN2O/c11-8-5-6(12)1-2-7(8)9-3-4-10(14)13-9/h1-2,5,9H,3-4,12H2,(H,13,14). The summed E-state index contributed by atoms with van der Waals surface area (Å²) in [6, 6.07) is 4.35. The summed E-state index contributed by atoms with van der Waals surface area (Å²) in [7, 11) is 0. The lowest BCUT2D eigenvalue weighted by Gasteiger charge is -2.11. The topological polar surface area (TPSA) is 55.1 Å². The van der Waals surface area contributed by atoms with Crippen LogP contribution in [0.15, 0.2) is 18.2 Å². The van der Waals surface area contributed by atoms with E-state index in [1.165, 1.54) is 6.07 Å². The average molecular weight is 194 g/mol. The number of nitrogens with one attached hydrogen (secondary N) is 1. The van der Waals surface area contributed by atoms with E-state index in [1.54, 1.807) is 12.1 Å². The fourth-order valence-electron chi connectivity index (χ4n) is 1.67. The number of nitrogens with two attached hydrogens (primary N) is 1. The Morgan fingerprint density at radius 1 is 1.50 bits per heavy atom. The number of halogens is 1. The molecule has 0 spiro atoms. The van der Waals surface area contributed by atoms with Crippen molar-refractivity contribution in [2.75, 3.05) is 5.73 Å². The van der Waals surface area contributed by atoms with E-state index < -0.39 is 0 Å². The van der Waals surface area contributed by atoms with Crippen LogP contribution < -0.4 is 11.1 Å². The Labute approximate surface area is 81.1 Å². The maximum absolute atomic E-state index is 13.4. The first kappa shape index (κ1) is 8.99. The first-order chi connectivity index (χ1) is 6.66. The number of benzene rings is 1. The molecule has 0 radical (unpaired) electrons. The lowest BCUT2D eigenvalue weighted by atomic mass is 10.0. The predicted octanol–water partition coefficient (Wildman–Crippen LogP) is 1.36. The second-order valence-electron chi connectivity index (χ2n) is 3.44. The molecular formula is C10H11FN2O. The Morgan fingerprint density at radius 2 is 2.29 bits per heavy atom. The zero-order valence-corrected chi connectivity index (χ0v) is 7.59. The first-order valence-electron chi connectivity index (χ1n) is 4.51. The van der Waals surface area contributed by atoms with Crippen molar-refractivity contribution in [2.24, 2.45) is 0 Å². The van der Waals surface area contributed by atoms with Crippen LogP contribution in [0.5, 0.6) is 0 Å². The third-order valence-corrected chi connectivity index (χ3v) is 2.40. The largest absolute Gasteiger partial charge is 0.399 e. The van der Waals surface area contributed by atoms with Crippen molar-refractivity contribution in [3.8, 4) is 0 Å². The molecule has 0 bridgehead atoms. The predicted molar refractivity (Wildman–Crippen MR) is 50.9 cm³/mol. The Balaban J connectivity index is 2.28. The van der Waals surface area contributed by atoms with Gasteiger partial charge in [-0.25, -0.2) is 4.39 Å². The van der Waals surface area contributed by atoms with E-state index in [9.17, 15) is 9.18 Å². The summed E-state index contributed by atoms with van der Waals surface area (Å²) in [5.74, 6) is -0.372. The molecule has 1 amide bonds. The highest BCUT2D eigenvalue weighted by Crippen LogP contribution is 2.26. The molecule has 74 valence electrons. The third-order valence-electron chi connectivity index (χ3n) is 2.40. The van der Waals surface area contributed by atoms with Crippen LogP contribution in [-0.2, 0) is 4.79 Å². The summed E-state index contributed by atoms with van der Waals surface area (Å²) in [4.78, 5) is 10.9. The highest BCUT2D eigenvalue weighted by atomic mass is 19.1. The fraction of sp³-hybridized carbons (Fsp3) is 0.300. The van der Waals surface area contributed by atoms with Crippen LogP contribution in [0.1, 0.15) is 24.4 Å². The van der Waals surface area contributed by atoms with Crippen LogP contribution >= 0.6 is 0 Å². The third kappa shape index (κ3) is 1.55. The number of amides is 1. The van der Waals surface area contributed by atoms with Gasteiger partial charge in [-0.1, -0.05) is 6.07 Å².